The normalized spacial score (nSPS) is 19.7. The molecule has 2 fully saturated rings. The van der Waals surface area contributed by atoms with Gasteiger partial charge in [-0.25, -0.2) is 8.78 Å². The van der Waals surface area contributed by atoms with Gasteiger partial charge in [0, 0.05) is 86.1 Å². The molecule has 4 aliphatic heterocycles. The molecule has 0 saturated carbocycles. The van der Waals surface area contributed by atoms with Crippen LogP contribution in [0.5, 0.6) is 11.5 Å². The number of aliphatic hydroxyl groups excluding tert-OH is 1. The number of ether oxygens (including phenoxy) is 4. The minimum Gasteiger partial charge on any atom is -0.487 e. The number of halogens is 2. The Morgan fingerprint density at radius 2 is 1.15 bits per heavy atom. The summed E-state index contributed by atoms with van der Waals surface area (Å²) in [6, 6.07) is 2.54. The molecule has 4 aliphatic rings. The van der Waals surface area contributed by atoms with Gasteiger partial charge in [0.2, 0.25) is 0 Å². The molecule has 0 radical (unpaired) electrons. The number of piperazine rings is 2. The number of nitrogens with zero attached hydrogens (tertiary/aromatic N) is 6. The van der Waals surface area contributed by atoms with Gasteiger partial charge < -0.3 is 52.8 Å². The van der Waals surface area contributed by atoms with Gasteiger partial charge in [0.15, 0.2) is 46.6 Å². The number of anilines is 2. The number of methoxy groups -OCH3 is 2. The van der Waals surface area contributed by atoms with Crippen LogP contribution in [0, 0.1) is 11.6 Å². The summed E-state index contributed by atoms with van der Waals surface area (Å²) in [5, 5.41) is 7.48. The van der Waals surface area contributed by atoms with E-state index in [9.17, 15) is 18.8 Å². The zero-order valence-corrected chi connectivity index (χ0v) is 32.4. The number of aldehydes is 1. The van der Waals surface area contributed by atoms with Crippen molar-refractivity contribution < 1.29 is 37.6 Å². The number of likely N-dealkylation sites (N-methyl/N-ethyl adjacent to an activating group) is 2. The number of hydrogen-bond donors (Lipinski definition) is 1. The van der Waals surface area contributed by atoms with Crippen LogP contribution in [0.1, 0.15) is 48.1 Å². The molecule has 6 heterocycles. The first-order valence-electron chi connectivity index (χ1n) is 18.4. The van der Waals surface area contributed by atoms with Gasteiger partial charge >= 0.3 is 0 Å². The van der Waals surface area contributed by atoms with Crippen molar-refractivity contribution in [2.24, 2.45) is 0 Å². The fraction of sp³-hybridized carbons (Fsp3) is 0.513. The first kappa shape index (κ1) is 40.1. The molecule has 0 aliphatic carbocycles. The van der Waals surface area contributed by atoms with Crippen molar-refractivity contribution in [2.75, 3.05) is 111 Å². The number of benzene rings is 2. The fourth-order valence-corrected chi connectivity index (χ4v) is 7.72. The SMILES string of the molecule is CO.COC(OC)c1cn2c3c(c(N4CCN(C)CC4)c(F)cc3c1=O)OC[C@@H]2C.C[C@H]1COc2c(N3CCN(C)CC3)c(F)cc3c(=O)c(C=O)cn1c23. The molecule has 14 nitrogen and oxygen atoms in total. The predicted molar refractivity (Wildman–Crippen MR) is 206 cm³/mol. The van der Waals surface area contributed by atoms with Crippen molar-refractivity contribution >= 4 is 39.5 Å². The molecule has 0 spiro atoms. The molecular weight excluding hydrogens is 718 g/mol. The molecule has 1 N–H and O–H groups in total. The van der Waals surface area contributed by atoms with Gasteiger partial charge in [-0.15, -0.1) is 0 Å². The maximum Gasteiger partial charge on any atom is 0.200 e. The summed E-state index contributed by atoms with van der Waals surface area (Å²) in [7, 11) is 8.04. The van der Waals surface area contributed by atoms with E-state index in [-0.39, 0.29) is 33.8 Å². The van der Waals surface area contributed by atoms with E-state index in [0.717, 1.165) is 33.3 Å². The van der Waals surface area contributed by atoms with E-state index in [4.69, 9.17) is 24.1 Å². The molecule has 0 bridgehead atoms. The molecule has 298 valence electrons. The van der Waals surface area contributed by atoms with E-state index in [0.29, 0.717) is 85.1 Å². The van der Waals surface area contributed by atoms with E-state index in [2.05, 4.69) is 16.8 Å². The highest BCUT2D eigenvalue weighted by atomic mass is 19.1. The summed E-state index contributed by atoms with van der Waals surface area (Å²) >= 11 is 0. The van der Waals surface area contributed by atoms with Gasteiger partial charge in [-0.2, -0.15) is 0 Å². The largest absolute Gasteiger partial charge is 0.487 e. The highest BCUT2D eigenvalue weighted by molar-refractivity contribution is 5.95. The van der Waals surface area contributed by atoms with Crippen LogP contribution in [-0.2, 0) is 9.47 Å². The highest BCUT2D eigenvalue weighted by Gasteiger charge is 2.32. The summed E-state index contributed by atoms with van der Waals surface area (Å²) in [6.07, 6.45) is 3.03. The Labute approximate surface area is 317 Å². The van der Waals surface area contributed by atoms with Crippen molar-refractivity contribution in [2.45, 2.75) is 32.2 Å². The van der Waals surface area contributed by atoms with Crippen molar-refractivity contribution in [1.29, 1.82) is 0 Å². The van der Waals surface area contributed by atoms with Gasteiger partial charge in [-0.05, 0) is 40.1 Å². The molecule has 4 aromatic rings. The van der Waals surface area contributed by atoms with Crippen LogP contribution in [0.3, 0.4) is 0 Å². The number of carbonyl (C=O) groups is 1. The predicted octanol–water partition coefficient (Wildman–Crippen LogP) is 3.40. The lowest BCUT2D eigenvalue weighted by Gasteiger charge is -2.37. The Hall–Kier alpha value is -4.61. The summed E-state index contributed by atoms with van der Waals surface area (Å²) in [5.74, 6) is -0.0537. The molecule has 2 aromatic carbocycles. The second kappa shape index (κ2) is 16.6. The second-order valence-corrected chi connectivity index (χ2v) is 14.3. The molecule has 55 heavy (non-hydrogen) atoms. The maximum absolute atomic E-state index is 15.2. The Morgan fingerprint density at radius 1 is 0.727 bits per heavy atom. The molecule has 2 atom stereocenters. The monoisotopic (exact) mass is 768 g/mol. The van der Waals surface area contributed by atoms with E-state index in [1.807, 2.05) is 39.8 Å². The second-order valence-electron chi connectivity index (χ2n) is 14.3. The van der Waals surface area contributed by atoms with Crippen LogP contribution in [-0.4, -0.2) is 131 Å². The van der Waals surface area contributed by atoms with Crippen molar-refractivity contribution in [1.82, 2.24) is 18.9 Å². The Kier molecular flexibility index (Phi) is 12.1. The molecular formula is C39H50F2N6O8. The van der Waals surface area contributed by atoms with Gasteiger partial charge in [0.05, 0.1) is 45.0 Å². The van der Waals surface area contributed by atoms with Gasteiger partial charge in [0.25, 0.3) is 0 Å². The van der Waals surface area contributed by atoms with E-state index < -0.39 is 23.4 Å². The summed E-state index contributed by atoms with van der Waals surface area (Å²) in [6.45, 7) is 10.9. The molecule has 0 unspecified atom stereocenters. The number of carbonyl (C=O) groups excluding carboxylic acids is 1. The topological polar surface area (TPSA) is 131 Å². The molecule has 2 aromatic heterocycles. The minimum absolute atomic E-state index is 0.00508. The number of pyridine rings is 2. The molecule has 0 amide bonds. The van der Waals surface area contributed by atoms with Crippen LogP contribution < -0.4 is 30.1 Å². The van der Waals surface area contributed by atoms with Crippen LogP contribution in [0.15, 0.2) is 34.1 Å². The third kappa shape index (κ3) is 7.29. The Balaban J connectivity index is 0.000000180. The quantitative estimate of drug-likeness (QED) is 0.228. The van der Waals surface area contributed by atoms with Crippen LogP contribution in [0.4, 0.5) is 20.2 Å². The Bertz CT molecular complexity index is 2170. The standard InChI is InChI=1S/C20H26FN3O4.C18H20FN3O3.CH4O/c1-12-11-28-19-16-13(18(25)14(10-24(12)16)20(26-3)27-4)9-15(21)17(19)23-7-5-22(2)6-8-23;1-11-10-25-18-15-13(17(24)12(9-23)8-22(11)15)7-14(19)16(18)21-5-3-20(2)4-6-21;1-2/h9-10,12,20H,5-8,11H2,1-4H3;7-9,11H,3-6,10H2,1-2H3;2H,1H3/t12-;11-;/m00./s1. The van der Waals surface area contributed by atoms with E-state index in [1.165, 1.54) is 26.4 Å². The number of aromatic nitrogens is 2. The van der Waals surface area contributed by atoms with Crippen LogP contribution in [0.2, 0.25) is 0 Å². The smallest absolute Gasteiger partial charge is 0.200 e. The summed E-state index contributed by atoms with van der Waals surface area (Å²) in [5.41, 5.74) is 1.70. The third-order valence-corrected chi connectivity index (χ3v) is 10.8. The summed E-state index contributed by atoms with van der Waals surface area (Å²) in [4.78, 5) is 45.2. The number of rotatable bonds is 6. The van der Waals surface area contributed by atoms with Crippen molar-refractivity contribution in [3.05, 3.63) is 67.7 Å². The first-order valence-corrected chi connectivity index (χ1v) is 18.4. The molecule has 16 heteroatoms. The lowest BCUT2D eigenvalue weighted by Crippen LogP contribution is -2.45. The highest BCUT2D eigenvalue weighted by Crippen LogP contribution is 2.43. The van der Waals surface area contributed by atoms with Crippen molar-refractivity contribution in [3.63, 3.8) is 0 Å². The molecule has 8 rings (SSSR count). The summed E-state index contributed by atoms with van der Waals surface area (Å²) < 4.78 is 56.5. The lowest BCUT2D eigenvalue weighted by molar-refractivity contribution is -0.106. The third-order valence-electron chi connectivity index (χ3n) is 10.8. The van der Waals surface area contributed by atoms with Crippen LogP contribution >= 0.6 is 0 Å². The maximum atomic E-state index is 15.2. The zero-order valence-electron chi connectivity index (χ0n) is 32.4. The van der Waals surface area contributed by atoms with Gasteiger partial charge in [-0.1, -0.05) is 0 Å². The fourth-order valence-electron chi connectivity index (χ4n) is 7.72. The average molecular weight is 769 g/mol. The van der Waals surface area contributed by atoms with Gasteiger partial charge in [-0.3, -0.25) is 14.4 Å². The first-order chi connectivity index (χ1) is 26.5. The number of hydrogen-bond acceptors (Lipinski definition) is 12. The average Bonchev–Trinajstić information content (AvgIpc) is 3.19. The van der Waals surface area contributed by atoms with E-state index in [1.54, 1.807) is 12.4 Å². The van der Waals surface area contributed by atoms with E-state index >= 15 is 4.39 Å². The molecule has 2 saturated heterocycles. The van der Waals surface area contributed by atoms with Crippen molar-refractivity contribution in [3.8, 4) is 11.5 Å². The van der Waals surface area contributed by atoms with Crippen LogP contribution in [0.25, 0.3) is 21.8 Å². The zero-order chi connectivity index (χ0) is 39.7. The number of aliphatic hydroxyl groups is 1. The van der Waals surface area contributed by atoms with Gasteiger partial charge in [0.1, 0.15) is 24.6 Å². The Morgan fingerprint density at radius 3 is 1.56 bits per heavy atom. The minimum atomic E-state index is -0.806. The lowest BCUT2D eigenvalue weighted by atomic mass is 10.0.